The molecule has 4 rings (SSSR count). The zero-order valence-corrected chi connectivity index (χ0v) is 12.2. The van der Waals surface area contributed by atoms with Crippen molar-refractivity contribution in [2.75, 3.05) is 0 Å². The minimum absolute atomic E-state index is 0.105. The fourth-order valence-corrected chi connectivity index (χ4v) is 5.92. The molecule has 0 amide bonds. The van der Waals surface area contributed by atoms with Gasteiger partial charge in [0.15, 0.2) is 0 Å². The Hall–Kier alpha value is -0.830. The van der Waals surface area contributed by atoms with Crippen LogP contribution in [0, 0.1) is 10.8 Å². The second-order valence-electron chi connectivity index (χ2n) is 8.26. The summed E-state index contributed by atoms with van der Waals surface area (Å²) in [5.41, 5.74) is -0.462. The van der Waals surface area contributed by atoms with Crippen LogP contribution in [0.5, 0.6) is 0 Å². The largest absolute Gasteiger partial charge is 0.456 e. The van der Waals surface area contributed by atoms with Crippen LogP contribution >= 0.6 is 0 Å². The van der Waals surface area contributed by atoms with Crippen molar-refractivity contribution in [3.8, 4) is 0 Å². The van der Waals surface area contributed by atoms with E-state index in [0.29, 0.717) is 12.0 Å². The smallest absolute Gasteiger partial charge is 0.333 e. The molecule has 4 saturated carbocycles. The Labute approximate surface area is 115 Å². The molecular formula is C16H24O3. The topological polar surface area (TPSA) is 46.5 Å². The lowest BCUT2D eigenvalue weighted by Crippen LogP contribution is -2.66. The van der Waals surface area contributed by atoms with Crippen molar-refractivity contribution in [3.05, 3.63) is 12.2 Å². The second kappa shape index (κ2) is 3.43. The Morgan fingerprint density at radius 1 is 1.05 bits per heavy atom. The summed E-state index contributed by atoms with van der Waals surface area (Å²) < 4.78 is 5.81. The number of carbonyl (C=O) groups is 1. The summed E-state index contributed by atoms with van der Waals surface area (Å²) >= 11 is 0. The Balaban J connectivity index is 1.95. The minimum atomic E-state index is -0.645. The lowest BCUT2D eigenvalue weighted by atomic mass is 9.42. The van der Waals surface area contributed by atoms with Gasteiger partial charge in [-0.3, -0.25) is 0 Å². The SMILES string of the molecule is C=C(C)C(=O)OC12CC3(C)CC(C)(CC(O)(C3)C1)C2. The molecule has 3 nitrogen and oxygen atoms in total. The third kappa shape index (κ3) is 2.03. The zero-order chi connectivity index (χ0) is 14.1. The van der Waals surface area contributed by atoms with E-state index in [9.17, 15) is 9.90 Å². The van der Waals surface area contributed by atoms with E-state index in [0.717, 1.165) is 32.1 Å². The van der Waals surface area contributed by atoms with Crippen LogP contribution in [0.15, 0.2) is 12.2 Å². The highest BCUT2D eigenvalue weighted by atomic mass is 16.6. The van der Waals surface area contributed by atoms with Crippen LogP contribution in [0.1, 0.15) is 59.3 Å². The summed E-state index contributed by atoms with van der Waals surface area (Å²) in [6.45, 7) is 9.82. The fraction of sp³-hybridized carbons (Fsp3) is 0.812. The normalized spacial score (nSPS) is 51.2. The number of esters is 1. The van der Waals surface area contributed by atoms with Crippen molar-refractivity contribution in [1.29, 1.82) is 0 Å². The third-order valence-electron chi connectivity index (χ3n) is 5.17. The van der Waals surface area contributed by atoms with Crippen molar-refractivity contribution in [3.63, 3.8) is 0 Å². The van der Waals surface area contributed by atoms with Gasteiger partial charge in [0, 0.05) is 12.0 Å². The van der Waals surface area contributed by atoms with Crippen LogP contribution in [-0.2, 0) is 9.53 Å². The van der Waals surface area contributed by atoms with Crippen molar-refractivity contribution < 1.29 is 14.6 Å². The molecule has 0 aromatic carbocycles. The molecule has 4 bridgehead atoms. The van der Waals surface area contributed by atoms with Crippen LogP contribution in [0.25, 0.3) is 0 Å². The molecule has 0 radical (unpaired) electrons. The first-order valence-electron chi connectivity index (χ1n) is 7.18. The first-order valence-corrected chi connectivity index (χ1v) is 7.18. The standard InChI is InChI=1S/C16H24O3/c1-11(2)12(17)19-16-8-13(3)5-14(4,9-16)7-15(18,6-13)10-16/h18H,1,5-10H2,2-4H3. The quantitative estimate of drug-likeness (QED) is 0.616. The van der Waals surface area contributed by atoms with E-state index in [2.05, 4.69) is 20.4 Å². The summed E-state index contributed by atoms with van der Waals surface area (Å²) in [6, 6.07) is 0. The van der Waals surface area contributed by atoms with Crippen LogP contribution in [0.3, 0.4) is 0 Å². The van der Waals surface area contributed by atoms with Gasteiger partial charge in [0.25, 0.3) is 0 Å². The van der Waals surface area contributed by atoms with Crippen molar-refractivity contribution in [1.82, 2.24) is 0 Å². The minimum Gasteiger partial charge on any atom is -0.456 e. The molecule has 0 saturated heterocycles. The van der Waals surface area contributed by atoms with Crippen molar-refractivity contribution >= 4 is 5.97 Å². The summed E-state index contributed by atoms with van der Waals surface area (Å²) in [5, 5.41) is 10.8. The van der Waals surface area contributed by atoms with Gasteiger partial charge >= 0.3 is 5.97 Å². The summed E-state index contributed by atoms with van der Waals surface area (Å²) in [5.74, 6) is -0.308. The van der Waals surface area contributed by atoms with Crippen LogP contribution in [0.4, 0.5) is 0 Å². The molecule has 106 valence electrons. The highest BCUT2D eigenvalue weighted by Gasteiger charge is 2.66. The summed E-state index contributed by atoms with van der Waals surface area (Å²) in [6.07, 6.45) is 5.21. The maximum Gasteiger partial charge on any atom is 0.333 e. The maximum absolute atomic E-state index is 11.9. The first-order chi connectivity index (χ1) is 8.57. The highest BCUT2D eigenvalue weighted by molar-refractivity contribution is 5.87. The summed E-state index contributed by atoms with van der Waals surface area (Å²) in [4.78, 5) is 11.9. The predicted molar refractivity (Wildman–Crippen MR) is 72.5 cm³/mol. The van der Waals surface area contributed by atoms with Crippen LogP contribution < -0.4 is 0 Å². The molecule has 0 spiro atoms. The van der Waals surface area contributed by atoms with Gasteiger partial charge in [-0.15, -0.1) is 0 Å². The van der Waals surface area contributed by atoms with Gasteiger partial charge < -0.3 is 9.84 Å². The average Bonchev–Trinajstić information content (AvgIpc) is 2.07. The van der Waals surface area contributed by atoms with Crippen LogP contribution in [-0.4, -0.2) is 22.3 Å². The number of hydrogen-bond donors (Lipinski definition) is 1. The second-order valence-corrected chi connectivity index (χ2v) is 8.26. The molecule has 3 heteroatoms. The molecule has 19 heavy (non-hydrogen) atoms. The molecule has 1 N–H and O–H groups in total. The number of ether oxygens (including phenoxy) is 1. The van der Waals surface area contributed by atoms with E-state index in [1.54, 1.807) is 6.92 Å². The molecule has 2 unspecified atom stereocenters. The monoisotopic (exact) mass is 264 g/mol. The van der Waals surface area contributed by atoms with Crippen LogP contribution in [0.2, 0.25) is 0 Å². The van der Waals surface area contributed by atoms with E-state index in [-0.39, 0.29) is 16.8 Å². The molecule has 0 aliphatic heterocycles. The van der Waals surface area contributed by atoms with E-state index >= 15 is 0 Å². The highest BCUT2D eigenvalue weighted by Crippen LogP contribution is 2.68. The third-order valence-corrected chi connectivity index (χ3v) is 5.17. The lowest BCUT2D eigenvalue weighted by molar-refractivity contribution is -0.258. The van der Waals surface area contributed by atoms with E-state index < -0.39 is 11.2 Å². The fourth-order valence-electron chi connectivity index (χ4n) is 5.92. The Morgan fingerprint density at radius 2 is 1.58 bits per heavy atom. The van der Waals surface area contributed by atoms with Gasteiger partial charge in [0.2, 0.25) is 0 Å². The van der Waals surface area contributed by atoms with Gasteiger partial charge in [-0.2, -0.15) is 0 Å². The first kappa shape index (κ1) is 13.2. The molecule has 2 atom stereocenters. The zero-order valence-electron chi connectivity index (χ0n) is 12.2. The lowest BCUT2D eigenvalue weighted by Gasteiger charge is -2.67. The van der Waals surface area contributed by atoms with E-state index in [1.165, 1.54) is 0 Å². The molecule has 0 aromatic heterocycles. The molecule has 4 fully saturated rings. The molecule has 4 aliphatic rings. The maximum atomic E-state index is 11.9. The predicted octanol–water partition coefficient (Wildman–Crippen LogP) is 2.97. The van der Waals surface area contributed by atoms with Gasteiger partial charge in [-0.1, -0.05) is 20.4 Å². The Morgan fingerprint density at radius 3 is 2.00 bits per heavy atom. The van der Waals surface area contributed by atoms with Crippen molar-refractivity contribution in [2.45, 2.75) is 70.5 Å². The molecule has 4 aliphatic carbocycles. The Kier molecular flexibility index (Phi) is 2.38. The van der Waals surface area contributed by atoms with Gasteiger partial charge in [0.05, 0.1) is 5.60 Å². The number of rotatable bonds is 2. The average molecular weight is 264 g/mol. The number of aliphatic hydroxyl groups is 1. The number of hydrogen-bond acceptors (Lipinski definition) is 3. The number of carbonyl (C=O) groups excluding carboxylic acids is 1. The van der Waals surface area contributed by atoms with E-state index in [4.69, 9.17) is 4.74 Å². The summed E-state index contributed by atoms with van der Waals surface area (Å²) in [7, 11) is 0. The van der Waals surface area contributed by atoms with E-state index in [1.807, 2.05) is 0 Å². The van der Waals surface area contributed by atoms with Gasteiger partial charge in [0.1, 0.15) is 5.60 Å². The van der Waals surface area contributed by atoms with Crippen molar-refractivity contribution in [2.24, 2.45) is 10.8 Å². The van der Waals surface area contributed by atoms with Gasteiger partial charge in [-0.05, 0) is 49.9 Å². The Bertz CT molecular complexity index is 411. The van der Waals surface area contributed by atoms with Gasteiger partial charge in [-0.25, -0.2) is 4.79 Å². The molecular weight excluding hydrogens is 240 g/mol. The molecule has 0 heterocycles. The molecule has 0 aromatic rings.